The zero-order chi connectivity index (χ0) is 16.0. The first kappa shape index (κ1) is 17.6. The number of hydrogen-bond acceptors (Lipinski definition) is 4. The molecule has 0 radical (unpaired) electrons. The summed E-state index contributed by atoms with van der Waals surface area (Å²) in [5, 5.41) is 8.92. The van der Waals surface area contributed by atoms with Gasteiger partial charge in [-0.05, 0) is 38.2 Å². The van der Waals surface area contributed by atoms with Crippen LogP contribution in [0, 0.1) is 0 Å². The number of carboxylic acids is 1. The Bertz CT molecular complexity index is 567. The minimum absolute atomic E-state index is 0.125. The van der Waals surface area contributed by atoms with Gasteiger partial charge in [-0.25, -0.2) is 8.42 Å². The predicted molar refractivity (Wildman–Crippen MR) is 80.8 cm³/mol. The summed E-state index contributed by atoms with van der Waals surface area (Å²) in [5.41, 5.74) is 1.03. The van der Waals surface area contributed by atoms with E-state index in [1.54, 1.807) is 12.1 Å². The first-order valence-electron chi connectivity index (χ1n) is 6.73. The second kappa shape index (κ2) is 7.53. The molecule has 0 heterocycles. The van der Waals surface area contributed by atoms with Crippen LogP contribution in [-0.2, 0) is 21.2 Å². The fourth-order valence-corrected chi connectivity index (χ4v) is 3.17. The van der Waals surface area contributed by atoms with Crippen molar-refractivity contribution in [1.29, 1.82) is 0 Å². The van der Waals surface area contributed by atoms with Crippen molar-refractivity contribution in [2.45, 2.75) is 18.2 Å². The maximum Gasteiger partial charge on any atom is 0.318 e. The zero-order valence-electron chi connectivity index (χ0n) is 12.6. The van der Waals surface area contributed by atoms with Crippen molar-refractivity contribution in [2.75, 3.05) is 33.7 Å². The van der Waals surface area contributed by atoms with Gasteiger partial charge < -0.3 is 10.0 Å². The lowest BCUT2D eigenvalue weighted by molar-refractivity contribution is -0.137. The molecule has 0 atom stereocenters. The molecule has 1 rings (SSSR count). The molecule has 0 amide bonds. The van der Waals surface area contributed by atoms with Crippen LogP contribution in [0.25, 0.3) is 0 Å². The van der Waals surface area contributed by atoms with Crippen molar-refractivity contribution in [3.63, 3.8) is 0 Å². The van der Waals surface area contributed by atoms with Gasteiger partial charge in [-0.3, -0.25) is 4.79 Å². The van der Waals surface area contributed by atoms with Gasteiger partial charge in [0.05, 0.1) is 4.90 Å². The molecule has 0 aromatic heterocycles. The quantitative estimate of drug-likeness (QED) is 0.771. The van der Waals surface area contributed by atoms with Gasteiger partial charge in [0.25, 0.3) is 0 Å². The highest BCUT2D eigenvalue weighted by molar-refractivity contribution is 7.89. The van der Waals surface area contributed by atoms with E-state index >= 15 is 0 Å². The number of aryl methyl sites for hydroxylation is 1. The predicted octanol–water partition coefficient (Wildman–Crippen LogP) is 0.886. The summed E-state index contributed by atoms with van der Waals surface area (Å²) in [6.45, 7) is 2.04. The molecule has 0 aliphatic carbocycles. The minimum atomic E-state index is -3.79. The molecule has 0 bridgehead atoms. The van der Waals surface area contributed by atoms with E-state index in [1.165, 1.54) is 12.1 Å². The molecule has 0 fully saturated rings. The van der Waals surface area contributed by atoms with Crippen molar-refractivity contribution in [1.82, 2.24) is 9.21 Å². The van der Waals surface area contributed by atoms with Crippen molar-refractivity contribution in [3.8, 4) is 0 Å². The summed E-state index contributed by atoms with van der Waals surface area (Å²) in [7, 11) is -0.177. The molecule has 118 valence electrons. The van der Waals surface area contributed by atoms with E-state index in [0.29, 0.717) is 6.54 Å². The lowest BCUT2D eigenvalue weighted by atomic mass is 10.2. The Morgan fingerprint density at radius 1 is 1.14 bits per heavy atom. The summed E-state index contributed by atoms with van der Waals surface area (Å²) < 4.78 is 26.0. The number of carbonyl (C=O) groups is 1. The number of rotatable bonds is 8. The van der Waals surface area contributed by atoms with Gasteiger partial charge in [-0.2, -0.15) is 4.31 Å². The molecule has 0 aliphatic rings. The summed E-state index contributed by atoms with van der Waals surface area (Å²) in [5.74, 6) is -1.16. The van der Waals surface area contributed by atoms with E-state index < -0.39 is 22.5 Å². The molecule has 1 aromatic carbocycles. The van der Waals surface area contributed by atoms with Gasteiger partial charge in [0.15, 0.2) is 0 Å². The van der Waals surface area contributed by atoms with Crippen LogP contribution < -0.4 is 0 Å². The average Bonchev–Trinajstić information content (AvgIpc) is 2.42. The van der Waals surface area contributed by atoms with Crippen LogP contribution in [0.15, 0.2) is 29.2 Å². The number of nitrogens with zero attached hydrogens (tertiary/aromatic N) is 2. The Morgan fingerprint density at radius 2 is 1.71 bits per heavy atom. The largest absolute Gasteiger partial charge is 0.480 e. The highest BCUT2D eigenvalue weighted by atomic mass is 32.2. The number of carboxylic acid groups (broad SMARTS) is 1. The molecule has 6 nitrogen and oxygen atoms in total. The Morgan fingerprint density at radius 3 is 2.14 bits per heavy atom. The zero-order valence-corrected chi connectivity index (χ0v) is 13.4. The molecule has 1 N–H and O–H groups in total. The monoisotopic (exact) mass is 314 g/mol. The molecule has 0 spiro atoms. The smallest absolute Gasteiger partial charge is 0.318 e. The number of hydrogen-bond donors (Lipinski definition) is 1. The molecule has 0 aliphatic heterocycles. The summed E-state index contributed by atoms with van der Waals surface area (Å²) in [6, 6.07) is 6.55. The van der Waals surface area contributed by atoms with Gasteiger partial charge in [-0.1, -0.05) is 19.1 Å². The van der Waals surface area contributed by atoms with Crippen LogP contribution in [0.2, 0.25) is 0 Å². The first-order chi connectivity index (χ1) is 9.77. The summed E-state index contributed by atoms with van der Waals surface area (Å²) in [4.78, 5) is 12.8. The lowest BCUT2D eigenvalue weighted by Crippen LogP contribution is -2.39. The van der Waals surface area contributed by atoms with Crippen molar-refractivity contribution in [3.05, 3.63) is 29.8 Å². The first-order valence-corrected chi connectivity index (χ1v) is 8.17. The molecule has 0 saturated carbocycles. The van der Waals surface area contributed by atoms with Gasteiger partial charge in [0.1, 0.15) is 6.54 Å². The summed E-state index contributed by atoms with van der Waals surface area (Å²) in [6.07, 6.45) is 0.819. The second-order valence-corrected chi connectivity index (χ2v) is 6.97. The van der Waals surface area contributed by atoms with E-state index in [2.05, 4.69) is 0 Å². The summed E-state index contributed by atoms with van der Waals surface area (Å²) >= 11 is 0. The van der Waals surface area contributed by atoms with Crippen molar-refractivity contribution in [2.24, 2.45) is 0 Å². The van der Waals surface area contributed by atoms with E-state index in [0.717, 1.165) is 16.3 Å². The molecule has 7 heteroatoms. The van der Waals surface area contributed by atoms with Crippen molar-refractivity contribution < 1.29 is 18.3 Å². The van der Waals surface area contributed by atoms with Crippen molar-refractivity contribution >= 4 is 16.0 Å². The van der Waals surface area contributed by atoms with E-state index in [4.69, 9.17) is 5.11 Å². The third-order valence-electron chi connectivity index (χ3n) is 3.08. The Hall–Kier alpha value is -1.44. The average molecular weight is 314 g/mol. The molecular formula is C14H22N2O4S. The second-order valence-electron chi connectivity index (χ2n) is 5.03. The number of likely N-dealkylation sites (N-methyl/N-ethyl adjacent to an activating group) is 1. The SMILES string of the molecule is CCc1ccc(S(=O)(=O)N(CCN(C)C)CC(=O)O)cc1. The number of aliphatic carboxylic acids is 1. The highest BCUT2D eigenvalue weighted by Gasteiger charge is 2.26. The highest BCUT2D eigenvalue weighted by Crippen LogP contribution is 2.16. The topological polar surface area (TPSA) is 77.9 Å². The molecule has 21 heavy (non-hydrogen) atoms. The minimum Gasteiger partial charge on any atom is -0.480 e. The number of benzene rings is 1. The van der Waals surface area contributed by atoms with Gasteiger partial charge >= 0.3 is 5.97 Å². The maximum atomic E-state index is 12.5. The van der Waals surface area contributed by atoms with Crippen LogP contribution in [0.1, 0.15) is 12.5 Å². The normalized spacial score (nSPS) is 12.0. The van der Waals surface area contributed by atoms with E-state index in [1.807, 2.05) is 25.9 Å². The van der Waals surface area contributed by atoms with Gasteiger partial charge in [-0.15, -0.1) is 0 Å². The van der Waals surface area contributed by atoms with Crippen LogP contribution in [-0.4, -0.2) is 62.4 Å². The van der Waals surface area contributed by atoms with Gasteiger partial charge in [0.2, 0.25) is 10.0 Å². The Kier molecular flexibility index (Phi) is 6.32. The standard InChI is InChI=1S/C14H22N2O4S/c1-4-12-5-7-13(8-6-12)21(19,20)16(11-14(17)18)10-9-15(2)3/h5-8H,4,9-11H2,1-3H3,(H,17,18). The van der Waals surface area contributed by atoms with Crippen LogP contribution in [0.4, 0.5) is 0 Å². The van der Waals surface area contributed by atoms with E-state index in [-0.39, 0.29) is 11.4 Å². The Labute approximate surface area is 126 Å². The Balaban J connectivity index is 3.03. The molecule has 0 saturated heterocycles. The van der Waals surface area contributed by atoms with Crippen LogP contribution in [0.3, 0.4) is 0 Å². The van der Waals surface area contributed by atoms with Gasteiger partial charge in [0, 0.05) is 13.1 Å². The number of sulfonamides is 1. The third kappa shape index (κ3) is 5.11. The van der Waals surface area contributed by atoms with Crippen LogP contribution in [0.5, 0.6) is 0 Å². The fourth-order valence-electron chi connectivity index (χ4n) is 1.79. The molecule has 0 unspecified atom stereocenters. The van der Waals surface area contributed by atoms with E-state index in [9.17, 15) is 13.2 Å². The lowest BCUT2D eigenvalue weighted by Gasteiger charge is -2.22. The maximum absolute atomic E-state index is 12.5. The third-order valence-corrected chi connectivity index (χ3v) is 4.94. The fraction of sp³-hybridized carbons (Fsp3) is 0.500. The molecule has 1 aromatic rings. The van der Waals surface area contributed by atoms with Crippen LogP contribution >= 0.6 is 0 Å². The molecular weight excluding hydrogens is 292 g/mol.